The van der Waals surface area contributed by atoms with Gasteiger partial charge in [0.1, 0.15) is 0 Å². The van der Waals surface area contributed by atoms with Crippen molar-refractivity contribution in [2.75, 3.05) is 0 Å². The minimum Gasteiger partial charge on any atom is -0.0843 e. The van der Waals surface area contributed by atoms with Gasteiger partial charge >= 0.3 is 0 Å². The second kappa shape index (κ2) is 5.50. The molecular weight excluding hydrogens is 276 g/mol. The molecular formula is C20H23Cl. The molecule has 110 valence electrons. The molecule has 1 unspecified atom stereocenters. The third-order valence-electron chi connectivity index (χ3n) is 4.97. The molecule has 0 nitrogen and oxygen atoms in total. The zero-order valence-electron chi connectivity index (χ0n) is 13.2. The molecule has 0 amide bonds. The maximum absolute atomic E-state index is 6.17. The summed E-state index contributed by atoms with van der Waals surface area (Å²) in [6.45, 7) is 6.81. The second-order valence-corrected chi connectivity index (χ2v) is 7.26. The normalized spacial score (nSPS) is 21.1. The summed E-state index contributed by atoms with van der Waals surface area (Å²) in [5, 5.41) is 0.865. The van der Waals surface area contributed by atoms with Crippen molar-refractivity contribution >= 4 is 11.6 Å². The first-order valence-corrected chi connectivity index (χ1v) is 8.21. The van der Waals surface area contributed by atoms with E-state index < -0.39 is 0 Å². The van der Waals surface area contributed by atoms with Crippen molar-refractivity contribution in [2.45, 2.75) is 51.9 Å². The van der Waals surface area contributed by atoms with Gasteiger partial charge < -0.3 is 0 Å². The van der Waals surface area contributed by atoms with Gasteiger partial charge in [0.15, 0.2) is 0 Å². The fraction of sp³-hybridized carbons (Fsp3) is 0.400. The third-order valence-corrected chi connectivity index (χ3v) is 5.21. The van der Waals surface area contributed by atoms with Crippen LogP contribution in [0.4, 0.5) is 0 Å². The van der Waals surface area contributed by atoms with Gasteiger partial charge in [-0.05, 0) is 79.3 Å². The van der Waals surface area contributed by atoms with Crippen molar-refractivity contribution in [3.8, 4) is 0 Å². The zero-order valence-corrected chi connectivity index (χ0v) is 13.9. The fourth-order valence-electron chi connectivity index (χ4n) is 3.81. The van der Waals surface area contributed by atoms with Gasteiger partial charge in [-0.1, -0.05) is 48.4 Å². The topological polar surface area (TPSA) is 0 Å². The molecule has 1 heteroatoms. The van der Waals surface area contributed by atoms with Crippen molar-refractivity contribution in [3.63, 3.8) is 0 Å². The van der Waals surface area contributed by atoms with Gasteiger partial charge in [0.2, 0.25) is 0 Å². The minimum absolute atomic E-state index is 0.234. The molecule has 0 saturated carbocycles. The van der Waals surface area contributed by atoms with E-state index in [0.717, 1.165) is 11.4 Å². The lowest BCUT2D eigenvalue weighted by atomic mass is 9.68. The fourth-order valence-corrected chi connectivity index (χ4v) is 4.00. The molecule has 1 atom stereocenters. The van der Waals surface area contributed by atoms with E-state index in [4.69, 9.17) is 11.6 Å². The van der Waals surface area contributed by atoms with Crippen LogP contribution in [0.25, 0.3) is 0 Å². The Morgan fingerprint density at radius 2 is 1.90 bits per heavy atom. The summed E-state index contributed by atoms with van der Waals surface area (Å²) in [4.78, 5) is 0. The molecule has 2 aromatic rings. The van der Waals surface area contributed by atoms with Crippen LogP contribution >= 0.6 is 11.6 Å². The summed E-state index contributed by atoms with van der Waals surface area (Å²) in [5.41, 5.74) is 7.41. The molecule has 1 aliphatic carbocycles. The first kappa shape index (κ1) is 14.7. The van der Waals surface area contributed by atoms with Gasteiger partial charge in [-0.15, -0.1) is 0 Å². The van der Waals surface area contributed by atoms with Crippen LogP contribution in [0.1, 0.15) is 47.6 Å². The predicted octanol–water partition coefficient (Wildman–Crippen LogP) is 5.79. The molecule has 0 aromatic heterocycles. The quantitative estimate of drug-likeness (QED) is 0.658. The highest BCUT2D eigenvalue weighted by Gasteiger charge is 2.32. The number of hydrogen-bond acceptors (Lipinski definition) is 0. The lowest BCUT2D eigenvalue weighted by molar-refractivity contribution is 0.390. The number of rotatable bonds is 2. The van der Waals surface area contributed by atoms with Gasteiger partial charge in [0.05, 0.1) is 0 Å². The van der Waals surface area contributed by atoms with Crippen LogP contribution in [0.3, 0.4) is 0 Å². The molecule has 0 fully saturated rings. The van der Waals surface area contributed by atoms with Crippen molar-refractivity contribution in [2.24, 2.45) is 0 Å². The summed E-state index contributed by atoms with van der Waals surface area (Å²) >= 11 is 6.17. The van der Waals surface area contributed by atoms with Crippen molar-refractivity contribution < 1.29 is 0 Å². The van der Waals surface area contributed by atoms with E-state index in [1.165, 1.54) is 47.1 Å². The van der Waals surface area contributed by atoms with E-state index in [1.807, 2.05) is 6.07 Å². The first-order valence-electron chi connectivity index (χ1n) is 7.83. The molecule has 0 aliphatic heterocycles. The van der Waals surface area contributed by atoms with Crippen molar-refractivity contribution in [3.05, 3.63) is 69.2 Å². The Kier molecular flexibility index (Phi) is 3.84. The van der Waals surface area contributed by atoms with Crippen LogP contribution in [0, 0.1) is 13.8 Å². The number of fused-ring (bicyclic) bond motifs is 1. The number of halogens is 1. The largest absolute Gasteiger partial charge is 0.0843 e. The lowest BCUT2D eigenvalue weighted by Crippen LogP contribution is -2.30. The molecule has 0 radical (unpaired) electrons. The number of aryl methyl sites for hydroxylation is 3. The Balaban J connectivity index is 1.99. The maximum Gasteiger partial charge on any atom is 0.0408 e. The molecule has 21 heavy (non-hydrogen) atoms. The Morgan fingerprint density at radius 3 is 2.67 bits per heavy atom. The second-order valence-electron chi connectivity index (χ2n) is 6.82. The highest BCUT2D eigenvalue weighted by Crippen LogP contribution is 2.41. The first-order chi connectivity index (χ1) is 9.98. The molecule has 3 rings (SSSR count). The van der Waals surface area contributed by atoms with Crippen LogP contribution in [-0.4, -0.2) is 0 Å². The highest BCUT2D eigenvalue weighted by molar-refractivity contribution is 6.30. The number of benzene rings is 2. The molecule has 2 aromatic carbocycles. The molecule has 0 N–H and O–H groups in total. The summed E-state index contributed by atoms with van der Waals surface area (Å²) in [7, 11) is 0. The zero-order chi connectivity index (χ0) is 15.0. The van der Waals surface area contributed by atoms with E-state index >= 15 is 0 Å². The van der Waals surface area contributed by atoms with E-state index in [-0.39, 0.29) is 5.41 Å². The monoisotopic (exact) mass is 298 g/mol. The van der Waals surface area contributed by atoms with E-state index in [2.05, 4.69) is 51.1 Å². The third kappa shape index (κ3) is 2.87. The van der Waals surface area contributed by atoms with Crippen LogP contribution in [0.5, 0.6) is 0 Å². The van der Waals surface area contributed by atoms with Crippen LogP contribution in [0.2, 0.25) is 5.02 Å². The molecule has 1 aliphatic rings. The summed E-state index contributed by atoms with van der Waals surface area (Å²) in [5.74, 6) is 0. The Hall–Kier alpha value is -1.27. The van der Waals surface area contributed by atoms with Crippen LogP contribution in [0.15, 0.2) is 36.4 Å². The molecule has 0 heterocycles. The number of hydrogen-bond donors (Lipinski definition) is 0. The van der Waals surface area contributed by atoms with Gasteiger partial charge in [0.25, 0.3) is 0 Å². The predicted molar refractivity (Wildman–Crippen MR) is 91.4 cm³/mol. The van der Waals surface area contributed by atoms with E-state index in [0.29, 0.717) is 0 Å². The van der Waals surface area contributed by atoms with Crippen LogP contribution < -0.4 is 0 Å². The SMILES string of the molecule is Cc1ccc(CC2(C)CCCc3cc(Cl)ccc32)c(C)c1. The van der Waals surface area contributed by atoms with Gasteiger partial charge in [-0.25, -0.2) is 0 Å². The van der Waals surface area contributed by atoms with Crippen LogP contribution in [-0.2, 0) is 18.3 Å². The average molecular weight is 299 g/mol. The molecule has 0 bridgehead atoms. The Bertz CT molecular complexity index is 672. The van der Waals surface area contributed by atoms with Crippen molar-refractivity contribution in [1.82, 2.24) is 0 Å². The van der Waals surface area contributed by atoms with Gasteiger partial charge in [-0.2, -0.15) is 0 Å². The van der Waals surface area contributed by atoms with E-state index in [9.17, 15) is 0 Å². The van der Waals surface area contributed by atoms with Gasteiger partial charge in [-0.3, -0.25) is 0 Å². The summed E-state index contributed by atoms with van der Waals surface area (Å²) < 4.78 is 0. The minimum atomic E-state index is 0.234. The highest BCUT2D eigenvalue weighted by atomic mass is 35.5. The van der Waals surface area contributed by atoms with Gasteiger partial charge in [0, 0.05) is 5.02 Å². The molecule has 0 spiro atoms. The Morgan fingerprint density at radius 1 is 1.10 bits per heavy atom. The van der Waals surface area contributed by atoms with E-state index in [1.54, 1.807) is 0 Å². The summed E-state index contributed by atoms with van der Waals surface area (Å²) in [6.07, 6.45) is 4.80. The lowest BCUT2D eigenvalue weighted by Gasteiger charge is -2.37. The smallest absolute Gasteiger partial charge is 0.0408 e. The maximum atomic E-state index is 6.17. The average Bonchev–Trinajstić information content (AvgIpc) is 2.42. The van der Waals surface area contributed by atoms with Crippen molar-refractivity contribution in [1.29, 1.82) is 0 Å². The Labute approximate surface area is 133 Å². The summed E-state index contributed by atoms with van der Waals surface area (Å²) in [6, 6.07) is 13.3. The molecule has 0 saturated heterocycles. The standard InChI is InChI=1S/C20H23Cl/c1-14-6-7-17(15(2)11-14)13-20(3)10-4-5-16-12-18(21)8-9-19(16)20/h6-9,11-12H,4-5,10,13H2,1-3H3.